The summed E-state index contributed by atoms with van der Waals surface area (Å²) < 4.78 is 18.3. The molecule has 1 atom stereocenters. The van der Waals surface area contributed by atoms with E-state index in [1.54, 1.807) is 0 Å². The lowest BCUT2D eigenvalue weighted by Crippen LogP contribution is -2.44. The van der Waals surface area contributed by atoms with Crippen molar-refractivity contribution in [3.63, 3.8) is 0 Å². The van der Waals surface area contributed by atoms with Gasteiger partial charge in [0, 0.05) is 16.5 Å². The predicted molar refractivity (Wildman–Crippen MR) is 132 cm³/mol. The Bertz CT molecular complexity index is 746. The van der Waals surface area contributed by atoms with E-state index in [2.05, 4.69) is 96.1 Å². The van der Waals surface area contributed by atoms with Crippen LogP contribution in [0.15, 0.2) is 54.6 Å². The van der Waals surface area contributed by atoms with Gasteiger partial charge in [0.2, 0.25) is 0 Å². The van der Waals surface area contributed by atoms with E-state index >= 15 is 0 Å². The second kappa shape index (κ2) is 9.85. The quantitative estimate of drug-likeness (QED) is 0.461. The second-order valence-electron chi connectivity index (χ2n) is 9.82. The van der Waals surface area contributed by atoms with Crippen LogP contribution in [-0.4, -0.2) is 30.7 Å². The van der Waals surface area contributed by atoms with E-state index in [0.717, 1.165) is 5.56 Å². The molecule has 0 aliphatic carbocycles. The Morgan fingerprint density at radius 3 is 1.83 bits per heavy atom. The maximum Gasteiger partial charge on any atom is 0.179 e. The largest absolute Gasteiger partial charge is 0.419 e. The van der Waals surface area contributed by atoms with Crippen LogP contribution in [0.3, 0.4) is 0 Å². The lowest BCUT2D eigenvalue weighted by atomic mass is 9.81. The van der Waals surface area contributed by atoms with E-state index in [0.29, 0.717) is 33.1 Å². The molecule has 0 aliphatic rings. The molecule has 0 amide bonds. The Kier molecular flexibility index (Phi) is 8.24. The van der Waals surface area contributed by atoms with Crippen molar-refractivity contribution in [1.82, 2.24) is 0 Å². The highest BCUT2D eigenvalue weighted by atomic mass is 28.2. The minimum absolute atomic E-state index is 0.128. The van der Waals surface area contributed by atoms with Gasteiger partial charge < -0.3 is 13.3 Å². The first kappa shape index (κ1) is 24.2. The molecular formula is C23H38O3Si3. The van der Waals surface area contributed by atoms with Gasteiger partial charge in [-0.2, -0.15) is 0 Å². The molecule has 0 saturated heterocycles. The molecule has 2 aromatic carbocycles. The normalized spacial score (nSPS) is 16.3. The number of rotatable bonds is 8. The van der Waals surface area contributed by atoms with Crippen molar-refractivity contribution in [2.45, 2.75) is 59.5 Å². The van der Waals surface area contributed by atoms with Crippen molar-refractivity contribution in [2.75, 3.05) is 0 Å². The van der Waals surface area contributed by atoms with Crippen LogP contribution in [0.5, 0.6) is 0 Å². The van der Waals surface area contributed by atoms with Crippen LogP contribution in [0, 0.1) is 10.8 Å². The summed E-state index contributed by atoms with van der Waals surface area (Å²) in [5, 5.41) is 0. The molecule has 2 aromatic rings. The smallest absolute Gasteiger partial charge is 0.179 e. The molecule has 0 N–H and O–H groups in total. The zero-order valence-corrected chi connectivity index (χ0v) is 24.8. The first-order valence-corrected chi connectivity index (χ1v) is 13.4. The van der Waals surface area contributed by atoms with Crippen molar-refractivity contribution >= 4 is 30.7 Å². The highest BCUT2D eigenvalue weighted by molar-refractivity contribution is 6.30. The van der Waals surface area contributed by atoms with Crippen molar-refractivity contribution in [1.29, 1.82) is 0 Å². The maximum atomic E-state index is 6.30. The summed E-state index contributed by atoms with van der Waals surface area (Å²) >= 11 is 0. The Morgan fingerprint density at radius 2 is 1.38 bits per heavy atom. The monoisotopic (exact) mass is 446 g/mol. The number of hydrogen-bond donors (Lipinski definition) is 0. The lowest BCUT2D eigenvalue weighted by Gasteiger charge is -2.43. The van der Waals surface area contributed by atoms with E-state index in [1.807, 2.05) is 0 Å². The minimum atomic E-state index is -0.727. The number of hydrogen-bond acceptors (Lipinski definition) is 3. The fourth-order valence-corrected chi connectivity index (χ4v) is 7.93. The molecule has 160 valence electrons. The van der Waals surface area contributed by atoms with Crippen LogP contribution >= 0.6 is 0 Å². The molecule has 0 aromatic heterocycles. The third-order valence-corrected chi connectivity index (χ3v) is 9.32. The summed E-state index contributed by atoms with van der Waals surface area (Å²) in [5.74, 6) is -0.649. The van der Waals surface area contributed by atoms with Gasteiger partial charge in [-0.3, -0.25) is 0 Å². The molecule has 0 heterocycles. The van der Waals surface area contributed by atoms with Crippen molar-refractivity contribution in [3.05, 3.63) is 71.3 Å². The van der Waals surface area contributed by atoms with Gasteiger partial charge in [-0.05, 0) is 16.5 Å². The number of benzene rings is 2. The molecule has 2 rings (SSSR count). The molecule has 0 aliphatic heterocycles. The third-order valence-electron chi connectivity index (χ3n) is 5.70. The van der Waals surface area contributed by atoms with E-state index in [4.69, 9.17) is 13.3 Å². The molecule has 29 heavy (non-hydrogen) atoms. The fraction of sp³-hybridized carbons (Fsp3) is 0.478. The SMILES string of the molecule is CC(C)(C)C([SiH2]OCc1ccc(C(O[SiH3])(O[SiH3])C(C)(C)C)cc1)c1ccccc1. The highest BCUT2D eigenvalue weighted by Gasteiger charge is 2.43. The molecular weight excluding hydrogens is 409 g/mol. The average Bonchev–Trinajstić information content (AvgIpc) is 2.66. The Hall–Kier alpha value is -1.03. The van der Waals surface area contributed by atoms with Crippen molar-refractivity contribution in [3.8, 4) is 0 Å². The zero-order valence-electron chi connectivity index (χ0n) is 19.4. The van der Waals surface area contributed by atoms with Crippen LogP contribution in [-0.2, 0) is 25.7 Å². The maximum absolute atomic E-state index is 6.30. The fourth-order valence-electron chi connectivity index (χ4n) is 4.01. The summed E-state index contributed by atoms with van der Waals surface area (Å²) in [6.07, 6.45) is 0. The zero-order chi connectivity index (χ0) is 21.7. The lowest BCUT2D eigenvalue weighted by molar-refractivity contribution is -0.191. The Balaban J connectivity index is 2.08. The highest BCUT2D eigenvalue weighted by Crippen LogP contribution is 2.42. The van der Waals surface area contributed by atoms with Crippen LogP contribution in [0.4, 0.5) is 0 Å². The minimum Gasteiger partial charge on any atom is -0.419 e. The molecule has 0 bridgehead atoms. The van der Waals surface area contributed by atoms with Gasteiger partial charge in [-0.15, -0.1) is 0 Å². The van der Waals surface area contributed by atoms with Gasteiger partial charge in [0.05, 0.1) is 6.61 Å². The van der Waals surface area contributed by atoms with Gasteiger partial charge in [0.1, 0.15) is 21.0 Å². The summed E-state index contributed by atoms with van der Waals surface area (Å²) in [6, 6.07) is 19.4. The third kappa shape index (κ3) is 5.77. The van der Waals surface area contributed by atoms with E-state index in [-0.39, 0.29) is 10.8 Å². The van der Waals surface area contributed by atoms with Crippen LogP contribution in [0.2, 0.25) is 0 Å². The van der Waals surface area contributed by atoms with E-state index < -0.39 is 15.6 Å². The van der Waals surface area contributed by atoms with Gasteiger partial charge >= 0.3 is 0 Å². The molecule has 3 nitrogen and oxygen atoms in total. The first-order valence-electron chi connectivity index (χ1n) is 10.4. The standard InChI is InChI=1S/C23H38O3Si3/c1-21(2,3)20(18-10-8-7-9-11-18)29-24-16-17-12-14-19(15-13-17)23(25-27,26-28)22(4,5)6/h7-15,20H,16,29H2,1-6,27-28H3. The van der Waals surface area contributed by atoms with Crippen LogP contribution in [0.25, 0.3) is 0 Å². The second-order valence-corrected chi connectivity index (χ2v) is 12.2. The molecule has 0 radical (unpaired) electrons. The molecule has 6 heteroatoms. The Morgan fingerprint density at radius 1 is 0.828 bits per heavy atom. The summed E-state index contributed by atoms with van der Waals surface area (Å²) in [5.41, 5.74) is 4.25. The average molecular weight is 447 g/mol. The van der Waals surface area contributed by atoms with Crippen molar-refractivity contribution < 1.29 is 13.3 Å². The van der Waals surface area contributed by atoms with Crippen molar-refractivity contribution in [2.24, 2.45) is 10.8 Å². The van der Waals surface area contributed by atoms with E-state index in [1.165, 1.54) is 11.1 Å². The molecule has 0 fully saturated rings. The molecule has 0 saturated carbocycles. The summed E-state index contributed by atoms with van der Waals surface area (Å²) in [7, 11) is 0.533. The van der Waals surface area contributed by atoms with Crippen LogP contribution < -0.4 is 0 Å². The van der Waals surface area contributed by atoms with Gasteiger partial charge in [0.15, 0.2) is 15.6 Å². The summed E-state index contributed by atoms with van der Waals surface area (Å²) in [6.45, 7) is 14.1. The van der Waals surface area contributed by atoms with Gasteiger partial charge in [-0.25, -0.2) is 0 Å². The van der Waals surface area contributed by atoms with Gasteiger partial charge in [0.25, 0.3) is 0 Å². The molecule has 0 spiro atoms. The summed E-state index contributed by atoms with van der Waals surface area (Å²) in [4.78, 5) is 0. The molecule has 1 unspecified atom stereocenters. The van der Waals surface area contributed by atoms with Gasteiger partial charge in [-0.1, -0.05) is 96.1 Å². The van der Waals surface area contributed by atoms with E-state index in [9.17, 15) is 0 Å². The first-order chi connectivity index (χ1) is 13.5. The topological polar surface area (TPSA) is 27.7 Å². The predicted octanol–water partition coefficient (Wildman–Crippen LogP) is 2.87. The van der Waals surface area contributed by atoms with Crippen LogP contribution in [0.1, 0.15) is 63.8 Å². The Labute approximate surface area is 185 Å².